The standard InChI is InChI=1S/C21H22N2O3/c1-14-10-20(15(2)23(14)17-8-6-5-7-9-17)21(24)22-16-11-18(25-3)13-19(12-16)26-4/h5-13H,1-4H3,(H,22,24). The second kappa shape index (κ2) is 7.35. The van der Waals surface area contributed by atoms with Gasteiger partial charge in [0.05, 0.1) is 19.8 Å². The minimum Gasteiger partial charge on any atom is -0.497 e. The van der Waals surface area contributed by atoms with E-state index in [2.05, 4.69) is 9.88 Å². The smallest absolute Gasteiger partial charge is 0.257 e. The van der Waals surface area contributed by atoms with Crippen LogP contribution in [0.1, 0.15) is 21.7 Å². The number of amides is 1. The molecule has 0 saturated heterocycles. The number of nitrogens with one attached hydrogen (secondary N) is 1. The van der Waals surface area contributed by atoms with E-state index >= 15 is 0 Å². The first kappa shape index (κ1) is 17.6. The van der Waals surface area contributed by atoms with Crippen molar-refractivity contribution < 1.29 is 14.3 Å². The molecule has 5 nitrogen and oxygen atoms in total. The summed E-state index contributed by atoms with van der Waals surface area (Å²) in [4.78, 5) is 12.8. The molecule has 0 radical (unpaired) electrons. The van der Waals surface area contributed by atoms with E-state index in [0.717, 1.165) is 17.1 Å². The Labute approximate surface area is 153 Å². The third kappa shape index (κ3) is 3.42. The van der Waals surface area contributed by atoms with Crippen molar-refractivity contribution >= 4 is 11.6 Å². The van der Waals surface area contributed by atoms with Crippen LogP contribution < -0.4 is 14.8 Å². The lowest BCUT2D eigenvalue weighted by molar-refractivity contribution is 0.102. The van der Waals surface area contributed by atoms with Gasteiger partial charge in [0.25, 0.3) is 5.91 Å². The molecule has 1 N–H and O–H groups in total. The molecule has 1 heterocycles. The Morgan fingerprint density at radius 2 is 1.54 bits per heavy atom. The molecule has 2 aromatic carbocycles. The summed E-state index contributed by atoms with van der Waals surface area (Å²) in [5, 5.41) is 2.93. The highest BCUT2D eigenvalue weighted by Crippen LogP contribution is 2.27. The summed E-state index contributed by atoms with van der Waals surface area (Å²) in [6, 6.07) is 17.2. The van der Waals surface area contributed by atoms with Crippen molar-refractivity contribution in [2.24, 2.45) is 0 Å². The van der Waals surface area contributed by atoms with Gasteiger partial charge in [0, 0.05) is 41.0 Å². The maximum atomic E-state index is 12.8. The van der Waals surface area contributed by atoms with Crippen molar-refractivity contribution in [1.29, 1.82) is 0 Å². The van der Waals surface area contributed by atoms with Crippen LogP contribution in [0, 0.1) is 13.8 Å². The van der Waals surface area contributed by atoms with Gasteiger partial charge in [0.2, 0.25) is 0 Å². The lowest BCUT2D eigenvalue weighted by Gasteiger charge is -2.11. The summed E-state index contributed by atoms with van der Waals surface area (Å²) in [6.45, 7) is 3.94. The highest BCUT2D eigenvalue weighted by atomic mass is 16.5. The Hall–Kier alpha value is -3.21. The lowest BCUT2D eigenvalue weighted by Crippen LogP contribution is -2.13. The molecule has 3 aromatic rings. The molecule has 5 heteroatoms. The average molecular weight is 350 g/mol. The Morgan fingerprint density at radius 3 is 2.12 bits per heavy atom. The quantitative estimate of drug-likeness (QED) is 0.744. The first-order chi connectivity index (χ1) is 12.5. The molecule has 0 bridgehead atoms. The van der Waals surface area contributed by atoms with Crippen molar-refractivity contribution in [3.05, 3.63) is 71.5 Å². The zero-order valence-electron chi connectivity index (χ0n) is 15.4. The number of hydrogen-bond donors (Lipinski definition) is 1. The molecular formula is C21H22N2O3. The fraction of sp³-hybridized carbons (Fsp3) is 0.190. The van der Waals surface area contributed by atoms with Gasteiger partial charge in [-0.2, -0.15) is 0 Å². The minimum absolute atomic E-state index is 0.171. The van der Waals surface area contributed by atoms with Crippen LogP contribution in [0.3, 0.4) is 0 Å². The molecule has 0 unspecified atom stereocenters. The van der Waals surface area contributed by atoms with E-state index in [1.807, 2.05) is 50.2 Å². The normalized spacial score (nSPS) is 10.5. The number of aromatic nitrogens is 1. The van der Waals surface area contributed by atoms with Crippen LogP contribution in [-0.2, 0) is 0 Å². The molecule has 0 spiro atoms. The van der Waals surface area contributed by atoms with Crippen LogP contribution in [0.2, 0.25) is 0 Å². The van der Waals surface area contributed by atoms with E-state index in [-0.39, 0.29) is 5.91 Å². The average Bonchev–Trinajstić information content (AvgIpc) is 2.96. The van der Waals surface area contributed by atoms with Gasteiger partial charge >= 0.3 is 0 Å². The third-order valence-corrected chi connectivity index (χ3v) is 4.30. The molecule has 0 aliphatic rings. The number of nitrogens with zero attached hydrogens (tertiary/aromatic N) is 1. The molecule has 0 aliphatic heterocycles. The first-order valence-electron chi connectivity index (χ1n) is 8.32. The molecule has 1 amide bonds. The number of carbonyl (C=O) groups excluding carboxylic acids is 1. The zero-order chi connectivity index (χ0) is 18.7. The molecule has 0 atom stereocenters. The monoisotopic (exact) mass is 350 g/mol. The van der Waals surface area contributed by atoms with Crippen LogP contribution >= 0.6 is 0 Å². The van der Waals surface area contributed by atoms with Gasteiger partial charge in [0.1, 0.15) is 11.5 Å². The van der Waals surface area contributed by atoms with Gasteiger partial charge in [-0.05, 0) is 32.0 Å². The summed E-state index contributed by atoms with van der Waals surface area (Å²) in [6.07, 6.45) is 0. The predicted molar refractivity (Wildman–Crippen MR) is 103 cm³/mol. The number of methoxy groups -OCH3 is 2. The summed E-state index contributed by atoms with van der Waals surface area (Å²) >= 11 is 0. The molecule has 3 rings (SSSR count). The highest BCUT2D eigenvalue weighted by molar-refractivity contribution is 6.05. The number of ether oxygens (including phenoxy) is 2. The summed E-state index contributed by atoms with van der Waals surface area (Å²) in [7, 11) is 3.15. The molecule has 1 aromatic heterocycles. The topological polar surface area (TPSA) is 52.5 Å². The molecule has 26 heavy (non-hydrogen) atoms. The van der Waals surface area contributed by atoms with Crippen LogP contribution in [0.5, 0.6) is 11.5 Å². The van der Waals surface area contributed by atoms with E-state index in [9.17, 15) is 4.79 Å². The molecule has 0 saturated carbocycles. The van der Waals surface area contributed by atoms with Crippen molar-refractivity contribution in [1.82, 2.24) is 4.57 Å². The predicted octanol–water partition coefficient (Wildman–Crippen LogP) is 4.36. The number of hydrogen-bond acceptors (Lipinski definition) is 3. The van der Waals surface area contributed by atoms with Crippen molar-refractivity contribution in [2.45, 2.75) is 13.8 Å². The first-order valence-corrected chi connectivity index (χ1v) is 8.32. The molecule has 134 valence electrons. The minimum atomic E-state index is -0.171. The molecular weight excluding hydrogens is 328 g/mol. The number of anilines is 1. The van der Waals surface area contributed by atoms with Crippen LogP contribution in [0.15, 0.2) is 54.6 Å². The summed E-state index contributed by atoms with van der Waals surface area (Å²) in [5.41, 5.74) is 4.18. The number of benzene rings is 2. The Balaban J connectivity index is 1.92. The highest BCUT2D eigenvalue weighted by Gasteiger charge is 2.17. The Kier molecular flexibility index (Phi) is 4.98. The van der Waals surface area contributed by atoms with E-state index in [1.165, 1.54) is 0 Å². The van der Waals surface area contributed by atoms with Crippen LogP contribution in [0.4, 0.5) is 5.69 Å². The van der Waals surface area contributed by atoms with Gasteiger partial charge in [0.15, 0.2) is 0 Å². The fourth-order valence-electron chi connectivity index (χ4n) is 3.05. The van der Waals surface area contributed by atoms with Gasteiger partial charge in [-0.15, -0.1) is 0 Å². The van der Waals surface area contributed by atoms with Gasteiger partial charge in [-0.25, -0.2) is 0 Å². The Bertz CT molecular complexity index is 908. The SMILES string of the molecule is COc1cc(NC(=O)c2cc(C)n(-c3ccccc3)c2C)cc(OC)c1. The summed E-state index contributed by atoms with van der Waals surface area (Å²) < 4.78 is 12.6. The van der Waals surface area contributed by atoms with E-state index in [4.69, 9.17) is 9.47 Å². The van der Waals surface area contributed by atoms with Crippen molar-refractivity contribution in [2.75, 3.05) is 19.5 Å². The second-order valence-electron chi connectivity index (χ2n) is 6.01. The van der Waals surface area contributed by atoms with E-state index in [0.29, 0.717) is 22.7 Å². The second-order valence-corrected chi connectivity index (χ2v) is 6.01. The largest absolute Gasteiger partial charge is 0.497 e. The van der Waals surface area contributed by atoms with Gasteiger partial charge in [-0.3, -0.25) is 4.79 Å². The van der Waals surface area contributed by atoms with Gasteiger partial charge < -0.3 is 19.4 Å². The number of aryl methyl sites for hydroxylation is 1. The van der Waals surface area contributed by atoms with E-state index in [1.54, 1.807) is 32.4 Å². The maximum absolute atomic E-state index is 12.8. The Morgan fingerprint density at radius 1 is 0.923 bits per heavy atom. The number of carbonyl (C=O) groups is 1. The third-order valence-electron chi connectivity index (χ3n) is 4.30. The number of para-hydroxylation sites is 1. The number of rotatable bonds is 5. The fourth-order valence-corrected chi connectivity index (χ4v) is 3.05. The van der Waals surface area contributed by atoms with Crippen LogP contribution in [0.25, 0.3) is 5.69 Å². The zero-order valence-corrected chi connectivity index (χ0v) is 15.4. The molecule has 0 aliphatic carbocycles. The van der Waals surface area contributed by atoms with Gasteiger partial charge in [-0.1, -0.05) is 18.2 Å². The van der Waals surface area contributed by atoms with E-state index < -0.39 is 0 Å². The summed E-state index contributed by atoms with van der Waals surface area (Å²) in [5.74, 6) is 1.07. The van der Waals surface area contributed by atoms with Crippen molar-refractivity contribution in [3.63, 3.8) is 0 Å². The van der Waals surface area contributed by atoms with Crippen LogP contribution in [-0.4, -0.2) is 24.7 Å². The maximum Gasteiger partial charge on any atom is 0.257 e. The van der Waals surface area contributed by atoms with Crippen molar-refractivity contribution in [3.8, 4) is 17.2 Å². The lowest BCUT2D eigenvalue weighted by atomic mass is 10.2. The molecule has 0 fully saturated rings.